The minimum absolute atomic E-state index is 0.111. The molecule has 0 unspecified atom stereocenters. The average molecular weight is 403 g/mol. The number of methoxy groups -OCH3 is 2. The van der Waals surface area contributed by atoms with Crippen molar-refractivity contribution in [2.75, 3.05) is 46.9 Å². The highest BCUT2D eigenvalue weighted by Gasteiger charge is 2.35. The van der Waals surface area contributed by atoms with Crippen molar-refractivity contribution in [2.24, 2.45) is 0 Å². The molecular formula is C21H34N6O2. The molecule has 160 valence electrons. The van der Waals surface area contributed by atoms with E-state index in [1.54, 1.807) is 14.2 Å². The van der Waals surface area contributed by atoms with E-state index in [0.29, 0.717) is 0 Å². The zero-order chi connectivity index (χ0) is 21.0. The summed E-state index contributed by atoms with van der Waals surface area (Å²) in [5.74, 6) is 2.46. The van der Waals surface area contributed by atoms with Crippen LogP contribution < -0.4 is 9.47 Å². The third-order valence-corrected chi connectivity index (χ3v) is 6.13. The van der Waals surface area contributed by atoms with E-state index in [-0.39, 0.29) is 11.6 Å². The highest BCUT2D eigenvalue weighted by Crippen LogP contribution is 2.38. The summed E-state index contributed by atoms with van der Waals surface area (Å²) < 4.78 is 13.2. The van der Waals surface area contributed by atoms with E-state index in [1.807, 2.05) is 22.9 Å². The summed E-state index contributed by atoms with van der Waals surface area (Å²) in [4.78, 5) is 4.92. The van der Waals surface area contributed by atoms with Crippen LogP contribution in [0.5, 0.6) is 11.5 Å². The Hall–Kier alpha value is -2.19. The molecule has 0 bridgehead atoms. The Morgan fingerprint density at radius 3 is 2.38 bits per heavy atom. The highest BCUT2D eigenvalue weighted by molar-refractivity contribution is 5.44. The molecule has 0 saturated carbocycles. The van der Waals surface area contributed by atoms with Gasteiger partial charge in [0.1, 0.15) is 17.5 Å². The zero-order valence-corrected chi connectivity index (χ0v) is 18.6. The van der Waals surface area contributed by atoms with Gasteiger partial charge in [-0.25, -0.2) is 4.68 Å². The van der Waals surface area contributed by atoms with Crippen LogP contribution in [0.1, 0.15) is 51.5 Å². The Morgan fingerprint density at radius 2 is 1.79 bits per heavy atom. The Kier molecular flexibility index (Phi) is 6.74. The van der Waals surface area contributed by atoms with Crippen LogP contribution in [0.25, 0.3) is 0 Å². The van der Waals surface area contributed by atoms with Crippen molar-refractivity contribution < 1.29 is 9.47 Å². The number of hydrogen-bond donors (Lipinski definition) is 0. The van der Waals surface area contributed by atoms with Gasteiger partial charge in [-0.3, -0.25) is 4.90 Å². The third-order valence-electron chi connectivity index (χ3n) is 6.13. The molecule has 1 aromatic heterocycles. The maximum absolute atomic E-state index is 5.74. The molecule has 2 aromatic rings. The van der Waals surface area contributed by atoms with E-state index in [1.165, 1.54) is 0 Å². The quantitative estimate of drug-likeness (QED) is 0.672. The van der Waals surface area contributed by atoms with Gasteiger partial charge in [0.25, 0.3) is 0 Å². The lowest BCUT2D eigenvalue weighted by Crippen LogP contribution is -2.48. The van der Waals surface area contributed by atoms with Gasteiger partial charge >= 0.3 is 0 Å². The number of ether oxygens (including phenoxy) is 2. The molecule has 0 aliphatic carbocycles. The van der Waals surface area contributed by atoms with Gasteiger partial charge in [0.15, 0.2) is 5.82 Å². The van der Waals surface area contributed by atoms with Crippen LogP contribution in [0.15, 0.2) is 18.2 Å². The minimum atomic E-state index is -0.186. The molecule has 0 amide bonds. The molecule has 0 N–H and O–H groups in total. The number of rotatable bonds is 8. The molecule has 1 aromatic carbocycles. The predicted octanol–water partition coefficient (Wildman–Crippen LogP) is 2.56. The third kappa shape index (κ3) is 4.38. The molecule has 8 nitrogen and oxygen atoms in total. The largest absolute Gasteiger partial charge is 0.497 e. The molecule has 1 saturated heterocycles. The molecule has 2 heterocycles. The molecule has 1 aliphatic heterocycles. The number of benzene rings is 1. The zero-order valence-electron chi connectivity index (χ0n) is 18.6. The maximum Gasteiger partial charge on any atom is 0.173 e. The molecule has 3 rings (SSSR count). The number of nitrogens with zero attached hydrogens (tertiary/aromatic N) is 6. The second-order valence-corrected chi connectivity index (χ2v) is 8.10. The fraction of sp³-hybridized carbons (Fsp3) is 0.667. The van der Waals surface area contributed by atoms with Crippen molar-refractivity contribution in [3.05, 3.63) is 29.6 Å². The van der Waals surface area contributed by atoms with Crippen molar-refractivity contribution in [1.29, 1.82) is 0 Å². The summed E-state index contributed by atoms with van der Waals surface area (Å²) in [6, 6.07) is 5.82. The van der Waals surface area contributed by atoms with Gasteiger partial charge in [0.2, 0.25) is 0 Å². The predicted molar refractivity (Wildman–Crippen MR) is 113 cm³/mol. The lowest BCUT2D eigenvalue weighted by molar-refractivity contribution is 0.104. The van der Waals surface area contributed by atoms with Crippen LogP contribution >= 0.6 is 0 Å². The second-order valence-electron chi connectivity index (χ2n) is 8.10. The monoisotopic (exact) mass is 402 g/mol. The first-order valence-electron chi connectivity index (χ1n) is 10.4. The van der Waals surface area contributed by atoms with Crippen molar-refractivity contribution in [2.45, 2.75) is 45.7 Å². The van der Waals surface area contributed by atoms with Crippen LogP contribution in [0.3, 0.4) is 0 Å². The lowest BCUT2D eigenvalue weighted by Gasteiger charge is -2.39. The number of likely N-dealkylation sites (N-methyl/N-ethyl adjacent to an activating group) is 1. The van der Waals surface area contributed by atoms with Crippen LogP contribution in [-0.2, 0) is 5.54 Å². The molecule has 0 radical (unpaired) electrons. The Balaban J connectivity index is 2.11. The summed E-state index contributed by atoms with van der Waals surface area (Å²) in [5.41, 5.74) is 0.841. The van der Waals surface area contributed by atoms with Crippen molar-refractivity contribution in [3.63, 3.8) is 0 Å². The highest BCUT2D eigenvalue weighted by atomic mass is 16.5. The topological polar surface area (TPSA) is 68.5 Å². The second kappa shape index (κ2) is 9.09. The van der Waals surface area contributed by atoms with E-state index >= 15 is 0 Å². The first-order chi connectivity index (χ1) is 13.9. The van der Waals surface area contributed by atoms with Crippen molar-refractivity contribution in [3.8, 4) is 11.5 Å². The molecule has 8 heteroatoms. The number of tetrazole rings is 1. The van der Waals surface area contributed by atoms with Gasteiger partial charge in [-0.15, -0.1) is 5.10 Å². The van der Waals surface area contributed by atoms with Crippen LogP contribution in [-0.4, -0.2) is 77.0 Å². The smallest absolute Gasteiger partial charge is 0.173 e. The first-order valence-corrected chi connectivity index (χ1v) is 10.4. The minimum Gasteiger partial charge on any atom is -0.497 e. The fourth-order valence-electron chi connectivity index (χ4n) is 3.84. The SMILES string of the molecule is CCN1CCN([C@@H](c2cc(OC)ccc2OC)c2nnnn2C(C)(C)CC)CC1. The normalized spacial score (nSPS) is 17.3. The van der Waals surface area contributed by atoms with Crippen LogP contribution in [0.4, 0.5) is 0 Å². The summed E-state index contributed by atoms with van der Waals surface area (Å²) >= 11 is 0. The fourth-order valence-corrected chi connectivity index (χ4v) is 3.84. The standard InChI is InChI=1S/C21H34N6O2/c1-7-21(3,4)27-20(22-23-24-27)19(26-13-11-25(8-2)12-14-26)17-15-16(28-5)9-10-18(17)29-6/h9-10,15,19H,7-8,11-14H2,1-6H3/t19-/m0/s1. The van der Waals surface area contributed by atoms with Gasteiger partial charge in [-0.1, -0.05) is 13.8 Å². The molecule has 0 spiro atoms. The maximum atomic E-state index is 5.74. The number of hydrogen-bond acceptors (Lipinski definition) is 7. The van der Waals surface area contributed by atoms with E-state index < -0.39 is 0 Å². The van der Waals surface area contributed by atoms with Gasteiger partial charge in [-0.05, 0) is 55.4 Å². The summed E-state index contributed by atoms with van der Waals surface area (Å²) in [6.07, 6.45) is 0.927. The molecule has 1 aliphatic rings. The Labute approximate surface area is 173 Å². The van der Waals surface area contributed by atoms with Gasteiger partial charge in [0, 0.05) is 31.7 Å². The molecular weight excluding hydrogens is 368 g/mol. The van der Waals surface area contributed by atoms with Crippen molar-refractivity contribution >= 4 is 0 Å². The van der Waals surface area contributed by atoms with Crippen molar-refractivity contribution in [1.82, 2.24) is 30.0 Å². The number of piperazine rings is 1. The van der Waals surface area contributed by atoms with E-state index in [0.717, 1.165) is 62.0 Å². The van der Waals surface area contributed by atoms with E-state index in [4.69, 9.17) is 9.47 Å². The number of aromatic nitrogens is 4. The van der Waals surface area contributed by atoms with Gasteiger partial charge < -0.3 is 14.4 Å². The van der Waals surface area contributed by atoms with Gasteiger partial charge in [-0.2, -0.15) is 0 Å². The van der Waals surface area contributed by atoms with E-state index in [2.05, 4.69) is 53.0 Å². The average Bonchev–Trinajstić information content (AvgIpc) is 3.24. The summed E-state index contributed by atoms with van der Waals surface area (Å²) in [5, 5.41) is 12.9. The first kappa shape index (κ1) is 21.5. The Morgan fingerprint density at radius 1 is 1.07 bits per heavy atom. The summed E-state index contributed by atoms with van der Waals surface area (Å²) in [7, 11) is 3.39. The van der Waals surface area contributed by atoms with Crippen LogP contribution in [0.2, 0.25) is 0 Å². The van der Waals surface area contributed by atoms with Gasteiger partial charge in [0.05, 0.1) is 19.8 Å². The van der Waals surface area contributed by atoms with E-state index in [9.17, 15) is 0 Å². The molecule has 1 fully saturated rings. The summed E-state index contributed by atoms with van der Waals surface area (Å²) in [6.45, 7) is 13.7. The Bertz CT molecular complexity index is 798. The van der Waals surface area contributed by atoms with Crippen LogP contribution in [0, 0.1) is 0 Å². The lowest BCUT2D eigenvalue weighted by atomic mass is 9.98. The molecule has 1 atom stereocenters. The molecule has 29 heavy (non-hydrogen) atoms.